The molecule has 0 aliphatic carbocycles. The number of nitrogens with zero attached hydrogens (tertiary/aromatic N) is 4. The molecule has 1 unspecified atom stereocenters. The molecule has 16 nitrogen and oxygen atoms in total. The van der Waals surface area contributed by atoms with Crippen molar-refractivity contribution in [2.24, 2.45) is 5.92 Å². The highest BCUT2D eigenvalue weighted by atomic mass is 19.1. The second kappa shape index (κ2) is 16.5. The third-order valence-electron chi connectivity index (χ3n) is 11.3. The maximum absolute atomic E-state index is 15.4. The summed E-state index contributed by atoms with van der Waals surface area (Å²) >= 11 is 0. The van der Waals surface area contributed by atoms with Gasteiger partial charge in [0.1, 0.15) is 11.9 Å². The quantitative estimate of drug-likeness (QED) is 0.123. The van der Waals surface area contributed by atoms with Gasteiger partial charge in [-0.1, -0.05) is 0 Å². The van der Waals surface area contributed by atoms with Crippen molar-refractivity contribution in [3.63, 3.8) is 0 Å². The summed E-state index contributed by atoms with van der Waals surface area (Å²) in [5.41, 5.74) is 2.82. The monoisotopic (exact) mass is 803 g/mol. The molecule has 5 heterocycles. The number of urea groups is 1. The van der Waals surface area contributed by atoms with Gasteiger partial charge in [0.05, 0.1) is 16.8 Å². The lowest BCUT2D eigenvalue weighted by Crippen LogP contribution is -2.54. The number of halogens is 1. The molecule has 0 saturated carbocycles. The largest absolute Gasteiger partial charge is 0.367 e. The van der Waals surface area contributed by atoms with Gasteiger partial charge in [0.15, 0.2) is 0 Å². The fourth-order valence-electron chi connectivity index (χ4n) is 8.09. The van der Waals surface area contributed by atoms with Crippen LogP contribution in [0.5, 0.6) is 0 Å². The van der Waals surface area contributed by atoms with Gasteiger partial charge in [-0.3, -0.25) is 43.9 Å². The van der Waals surface area contributed by atoms with Crippen molar-refractivity contribution < 1.29 is 38.0 Å². The van der Waals surface area contributed by atoms with Crippen LogP contribution in [0.4, 0.5) is 31.9 Å². The zero-order valence-corrected chi connectivity index (χ0v) is 32.0. The van der Waals surface area contributed by atoms with E-state index in [0.29, 0.717) is 62.2 Å². The summed E-state index contributed by atoms with van der Waals surface area (Å²) in [6.45, 7) is 4.25. The van der Waals surface area contributed by atoms with Gasteiger partial charge in [0.25, 0.3) is 11.8 Å². The van der Waals surface area contributed by atoms with Crippen molar-refractivity contribution in [2.75, 3.05) is 66.7 Å². The highest BCUT2D eigenvalue weighted by Gasteiger charge is 2.45. The van der Waals surface area contributed by atoms with Crippen LogP contribution in [0.15, 0.2) is 79.0 Å². The van der Waals surface area contributed by atoms with Gasteiger partial charge in [-0.25, -0.2) is 9.18 Å². The van der Waals surface area contributed by atoms with Gasteiger partial charge in [0.2, 0.25) is 23.6 Å². The third kappa shape index (κ3) is 8.55. The number of benzene rings is 3. The van der Waals surface area contributed by atoms with Gasteiger partial charge in [-0.2, -0.15) is 0 Å². The van der Waals surface area contributed by atoms with Crippen LogP contribution in [-0.4, -0.2) is 113 Å². The van der Waals surface area contributed by atoms with Crippen molar-refractivity contribution in [1.29, 1.82) is 0 Å². The van der Waals surface area contributed by atoms with E-state index < -0.39 is 47.4 Å². The molecular weight excluding hydrogens is 762 g/mol. The average Bonchev–Trinajstić information content (AvgIpc) is 3.79. The van der Waals surface area contributed by atoms with Gasteiger partial charge in [-0.15, -0.1) is 0 Å². The fourth-order valence-corrected chi connectivity index (χ4v) is 8.09. The number of hydrogen-bond acceptors (Lipinski definition) is 9. The third-order valence-corrected chi connectivity index (χ3v) is 11.3. The topological polar surface area (TPSA) is 196 Å². The predicted octanol–water partition coefficient (Wildman–Crippen LogP) is 3.91. The summed E-state index contributed by atoms with van der Waals surface area (Å²) < 4.78 is 15.4. The molecule has 0 spiro atoms. The number of piperidine rings is 2. The molecule has 3 aromatic carbocycles. The molecule has 5 N–H and O–H groups in total. The summed E-state index contributed by atoms with van der Waals surface area (Å²) in [6, 6.07) is 15.0. The van der Waals surface area contributed by atoms with Crippen LogP contribution >= 0.6 is 0 Å². The van der Waals surface area contributed by atoms with Gasteiger partial charge in [0, 0.05) is 98.5 Å². The van der Waals surface area contributed by atoms with Crippen molar-refractivity contribution in [1.82, 2.24) is 25.0 Å². The molecule has 1 atom stereocenters. The summed E-state index contributed by atoms with van der Waals surface area (Å²) in [6.07, 6.45) is 5.92. The number of carbonyl (C=O) groups excluding carboxylic acids is 7. The highest BCUT2D eigenvalue weighted by Crippen LogP contribution is 2.33. The number of nitrogens with one attached hydrogen (secondary N) is 5. The predicted molar refractivity (Wildman–Crippen MR) is 216 cm³/mol. The lowest BCUT2D eigenvalue weighted by Gasteiger charge is -2.39. The Labute approximate surface area is 337 Å². The fraction of sp³-hybridized carbons (Fsp3) is 0.310. The van der Waals surface area contributed by atoms with Crippen LogP contribution in [0.1, 0.15) is 46.4 Å². The van der Waals surface area contributed by atoms with Crippen LogP contribution in [0.3, 0.4) is 0 Å². The molecule has 4 aliphatic rings. The summed E-state index contributed by atoms with van der Waals surface area (Å²) in [4.78, 5) is 98.1. The molecule has 8 amide bonds. The van der Waals surface area contributed by atoms with Crippen LogP contribution in [0, 0.1) is 11.7 Å². The molecule has 8 rings (SSSR count). The number of imide groups is 2. The number of piperazine rings is 1. The summed E-state index contributed by atoms with van der Waals surface area (Å²) in [5.74, 6) is -3.58. The maximum atomic E-state index is 15.4. The van der Waals surface area contributed by atoms with Crippen molar-refractivity contribution in [2.45, 2.75) is 31.7 Å². The Balaban J connectivity index is 0.751. The number of hydrogen-bond donors (Lipinski definition) is 5. The first-order valence-electron chi connectivity index (χ1n) is 19.5. The number of amides is 8. The van der Waals surface area contributed by atoms with Crippen molar-refractivity contribution in [3.05, 3.63) is 96.0 Å². The minimum atomic E-state index is -1.12. The van der Waals surface area contributed by atoms with Crippen LogP contribution in [0.25, 0.3) is 10.9 Å². The summed E-state index contributed by atoms with van der Waals surface area (Å²) in [5, 5.41) is 11.4. The number of anilines is 4. The number of fused-ring (bicyclic) bond motifs is 2. The van der Waals surface area contributed by atoms with E-state index in [2.05, 4.69) is 31.2 Å². The second-order valence-electron chi connectivity index (χ2n) is 15.1. The first-order valence-corrected chi connectivity index (χ1v) is 19.5. The van der Waals surface area contributed by atoms with Gasteiger partial charge < -0.3 is 30.7 Å². The number of rotatable bonds is 9. The molecule has 0 bridgehead atoms. The minimum absolute atomic E-state index is 0.000764. The normalized spacial score (nSPS) is 19.0. The Hall–Kier alpha value is -6.88. The van der Waals surface area contributed by atoms with E-state index >= 15 is 4.39 Å². The molecule has 1 aromatic heterocycles. The zero-order valence-electron chi connectivity index (χ0n) is 32.0. The van der Waals surface area contributed by atoms with Crippen molar-refractivity contribution >= 4 is 75.1 Å². The molecule has 3 fully saturated rings. The second-order valence-corrected chi connectivity index (χ2v) is 15.1. The van der Waals surface area contributed by atoms with Crippen molar-refractivity contribution in [3.8, 4) is 0 Å². The summed E-state index contributed by atoms with van der Waals surface area (Å²) in [7, 11) is 0. The highest BCUT2D eigenvalue weighted by molar-refractivity contribution is 6.23. The lowest BCUT2D eigenvalue weighted by atomic mass is 9.95. The number of H-pyrrole nitrogens is 1. The molecule has 304 valence electrons. The first kappa shape index (κ1) is 39.0. The number of carbonyl (C=O) groups is 7. The first-order chi connectivity index (χ1) is 28.5. The molecule has 59 heavy (non-hydrogen) atoms. The zero-order chi connectivity index (χ0) is 41.2. The SMILES string of the molecule is O=C(/C=C/C(=O)N1CCC(CN2CCN(c3cc4c(cc3F)C(=O)N(C3CCC(=O)NC3=O)C4=O)CC2)CC1)Nc1ccc(NC(=O)Nc2ccc3[nH]ccc3c2)cc1. The van der Waals surface area contributed by atoms with E-state index in [1.54, 1.807) is 35.2 Å². The van der Waals surface area contributed by atoms with E-state index in [9.17, 15) is 33.6 Å². The molecule has 17 heteroatoms. The van der Waals surface area contributed by atoms with E-state index in [0.717, 1.165) is 41.3 Å². The maximum Gasteiger partial charge on any atom is 0.323 e. The van der Waals surface area contributed by atoms with Crippen LogP contribution in [0.2, 0.25) is 0 Å². The molecule has 3 saturated heterocycles. The van der Waals surface area contributed by atoms with Crippen LogP contribution in [-0.2, 0) is 19.2 Å². The Kier molecular flexibility index (Phi) is 10.9. The van der Waals surface area contributed by atoms with E-state index in [1.807, 2.05) is 29.3 Å². The van der Waals surface area contributed by atoms with E-state index in [-0.39, 0.29) is 35.6 Å². The minimum Gasteiger partial charge on any atom is -0.367 e. The van der Waals surface area contributed by atoms with Gasteiger partial charge in [-0.05, 0) is 85.8 Å². The Morgan fingerprint density at radius 2 is 1.41 bits per heavy atom. The number of likely N-dealkylation sites (tertiary alicyclic amines) is 1. The number of aromatic amines is 1. The smallest absolute Gasteiger partial charge is 0.323 e. The number of aromatic nitrogens is 1. The average molecular weight is 804 g/mol. The van der Waals surface area contributed by atoms with E-state index in [1.165, 1.54) is 18.2 Å². The Bertz CT molecular complexity index is 2380. The van der Waals surface area contributed by atoms with Crippen LogP contribution < -0.4 is 26.2 Å². The Morgan fingerprint density at radius 3 is 2.12 bits per heavy atom. The van der Waals surface area contributed by atoms with Gasteiger partial charge >= 0.3 is 6.03 Å². The standard InChI is InChI=1S/C42H42FN9O7/c43-32-22-30-31(41(58)52(40(30)57)34-7-8-37(54)48-39(34)56)23-35(32)50-19-17-49(18-20-50)24-25-12-15-51(16-13-25)38(55)10-9-36(53)45-27-1-3-28(4-2-27)46-42(59)47-29-5-6-33-26(21-29)11-14-44-33/h1-6,9-11,14,21-23,25,34,44H,7-8,12-13,15-20,24H2,(H,45,53)(H2,46,47,59)(H,48,54,56)/b10-9+. The lowest BCUT2D eigenvalue weighted by molar-refractivity contribution is -0.136. The molecule has 0 radical (unpaired) electrons. The molecular formula is C42H42FN9O7. The Morgan fingerprint density at radius 1 is 0.746 bits per heavy atom. The van der Waals surface area contributed by atoms with E-state index in [4.69, 9.17) is 0 Å². The molecule has 4 aromatic rings. The molecule has 4 aliphatic heterocycles.